The van der Waals surface area contributed by atoms with Crippen molar-refractivity contribution >= 4 is 41.1 Å². The maximum absolute atomic E-state index is 14.2. The Labute approximate surface area is 234 Å². The lowest BCUT2D eigenvalue weighted by Crippen LogP contribution is -2.50. The molecular weight excluding hydrogens is 515 g/mol. The van der Waals surface area contributed by atoms with E-state index < -0.39 is 5.66 Å². The van der Waals surface area contributed by atoms with Crippen molar-refractivity contribution in [2.45, 2.75) is 70.0 Å². The van der Waals surface area contributed by atoms with Gasteiger partial charge in [-0.05, 0) is 55.4 Å². The number of carbonyl (C=O) groups excluding carboxylic acids is 2. The van der Waals surface area contributed by atoms with Gasteiger partial charge in [0.1, 0.15) is 17.7 Å². The lowest BCUT2D eigenvalue weighted by Gasteiger charge is -2.44. The predicted octanol–water partition coefficient (Wildman–Crippen LogP) is 8.70. The Hall–Kier alpha value is -2.95. The third-order valence-electron chi connectivity index (χ3n) is 7.85. The smallest absolute Gasteiger partial charge is 0.275 e. The molecule has 1 aliphatic heterocycles. The topological polar surface area (TPSA) is 49.7 Å². The van der Waals surface area contributed by atoms with E-state index in [1.54, 1.807) is 0 Å². The second-order valence-electron chi connectivity index (χ2n) is 10.3. The van der Waals surface area contributed by atoms with Crippen LogP contribution in [0.4, 0.5) is 0 Å². The quantitative estimate of drug-likeness (QED) is 0.265. The summed E-state index contributed by atoms with van der Waals surface area (Å²) in [7, 11) is 0. The number of hydrogen-bond donors (Lipinski definition) is 0. The zero-order valence-corrected chi connectivity index (χ0v) is 23.1. The zero-order chi connectivity index (χ0) is 26.7. The van der Waals surface area contributed by atoms with Crippen LogP contribution in [-0.2, 0) is 4.79 Å². The van der Waals surface area contributed by atoms with Crippen molar-refractivity contribution in [1.82, 2.24) is 4.90 Å². The molecule has 1 amide bonds. The highest BCUT2D eigenvalue weighted by Gasteiger charge is 2.50. The summed E-state index contributed by atoms with van der Waals surface area (Å²) in [6.45, 7) is 2.17. The molecule has 38 heavy (non-hydrogen) atoms. The summed E-state index contributed by atoms with van der Waals surface area (Å²) in [5.41, 5.74) is 4.18. The molecule has 4 nitrogen and oxygen atoms in total. The molecular formula is C32H32Cl2N2O2. The molecule has 5 rings (SSSR count). The summed E-state index contributed by atoms with van der Waals surface area (Å²) >= 11 is 12.9. The van der Waals surface area contributed by atoms with E-state index in [0.717, 1.165) is 79.9 Å². The molecule has 0 bridgehead atoms. The minimum atomic E-state index is -0.531. The maximum atomic E-state index is 14.2. The monoisotopic (exact) mass is 546 g/mol. The van der Waals surface area contributed by atoms with Gasteiger partial charge in [-0.3, -0.25) is 14.6 Å². The first kappa shape index (κ1) is 26.6. The molecule has 0 radical (unpaired) electrons. The average molecular weight is 548 g/mol. The van der Waals surface area contributed by atoms with E-state index in [1.165, 1.54) is 0 Å². The second-order valence-corrected chi connectivity index (χ2v) is 11.1. The number of hydrogen-bond acceptors (Lipinski definition) is 3. The highest BCUT2D eigenvalue weighted by molar-refractivity contribution is 6.47. The summed E-state index contributed by atoms with van der Waals surface area (Å²) in [5, 5.41) is 1.18. The third-order valence-corrected chi connectivity index (χ3v) is 8.48. The number of nitrogens with zero attached hydrogens (tertiary/aromatic N) is 2. The second kappa shape index (κ2) is 11.4. The summed E-state index contributed by atoms with van der Waals surface area (Å²) < 4.78 is 0. The molecule has 1 atom stereocenters. The van der Waals surface area contributed by atoms with Crippen molar-refractivity contribution in [3.8, 4) is 11.1 Å². The van der Waals surface area contributed by atoms with E-state index in [9.17, 15) is 9.59 Å². The number of carbonyl (C=O) groups is 2. The first-order valence-corrected chi connectivity index (χ1v) is 14.3. The van der Waals surface area contributed by atoms with Crippen LogP contribution in [0.25, 0.3) is 11.1 Å². The number of aliphatic imine (C=N–C) groups is 1. The van der Waals surface area contributed by atoms with Gasteiger partial charge in [0.2, 0.25) is 0 Å². The van der Waals surface area contributed by atoms with Crippen LogP contribution >= 0.6 is 23.2 Å². The lowest BCUT2D eigenvalue weighted by atomic mass is 9.86. The van der Waals surface area contributed by atoms with Crippen molar-refractivity contribution < 1.29 is 9.59 Å². The summed E-state index contributed by atoms with van der Waals surface area (Å²) in [5.74, 6) is -0.0176. The first-order valence-electron chi connectivity index (χ1n) is 13.5. The molecule has 1 heterocycles. The number of halogens is 2. The Bertz CT molecular complexity index is 1320. The van der Waals surface area contributed by atoms with Crippen LogP contribution in [0.1, 0.15) is 85.8 Å². The standard InChI is InChI=1S/C32H32Cl2N2O2/c1-2-3-10-28(23-13-11-22(21-37)12-14-23)36-31(38)30(35-32(36)19-5-4-6-20-32)25-17-15-24(16-18-25)29-26(33)8-7-9-27(29)34/h7-9,11-18,21,28H,2-6,10,19-20H2,1H3. The van der Waals surface area contributed by atoms with Gasteiger partial charge in [-0.2, -0.15) is 0 Å². The van der Waals surface area contributed by atoms with Gasteiger partial charge < -0.3 is 4.90 Å². The van der Waals surface area contributed by atoms with Crippen LogP contribution in [0.3, 0.4) is 0 Å². The lowest BCUT2D eigenvalue weighted by molar-refractivity contribution is -0.132. The fourth-order valence-corrected chi connectivity index (χ4v) is 6.53. The molecule has 0 aromatic heterocycles. The van der Waals surface area contributed by atoms with Gasteiger partial charge in [0.25, 0.3) is 5.91 Å². The number of amides is 1. The maximum Gasteiger partial charge on any atom is 0.275 e. The van der Waals surface area contributed by atoms with E-state index in [-0.39, 0.29) is 11.9 Å². The Morgan fingerprint density at radius 3 is 2.16 bits per heavy atom. The highest BCUT2D eigenvalue weighted by atomic mass is 35.5. The largest absolute Gasteiger partial charge is 0.305 e. The summed E-state index contributed by atoms with van der Waals surface area (Å²) in [6.07, 6.45) is 8.75. The van der Waals surface area contributed by atoms with Crippen molar-refractivity contribution in [3.05, 3.63) is 93.5 Å². The van der Waals surface area contributed by atoms with Gasteiger partial charge in [0.15, 0.2) is 0 Å². The van der Waals surface area contributed by atoms with E-state index in [0.29, 0.717) is 21.3 Å². The Kier molecular flexibility index (Phi) is 8.01. The minimum absolute atomic E-state index is 0.0176. The predicted molar refractivity (Wildman–Crippen MR) is 155 cm³/mol. The van der Waals surface area contributed by atoms with Crippen LogP contribution < -0.4 is 0 Å². The molecule has 1 saturated carbocycles. The van der Waals surface area contributed by atoms with E-state index in [2.05, 4.69) is 11.8 Å². The van der Waals surface area contributed by atoms with E-state index in [4.69, 9.17) is 28.2 Å². The summed E-state index contributed by atoms with van der Waals surface area (Å²) in [4.78, 5) is 32.8. The SMILES string of the molecule is CCCCC(c1ccc(C=O)cc1)N1C(=O)C(c2ccc(-c3c(Cl)cccc3Cl)cc2)=NC12CCCCC2. The Morgan fingerprint density at radius 2 is 1.55 bits per heavy atom. The Balaban J connectivity index is 1.53. The molecule has 1 aliphatic carbocycles. The van der Waals surface area contributed by atoms with E-state index >= 15 is 0 Å². The van der Waals surface area contributed by atoms with Crippen LogP contribution in [0.2, 0.25) is 10.0 Å². The molecule has 3 aromatic rings. The van der Waals surface area contributed by atoms with Crippen LogP contribution in [0, 0.1) is 0 Å². The van der Waals surface area contributed by atoms with Gasteiger partial charge in [-0.1, -0.05) is 104 Å². The van der Waals surface area contributed by atoms with Gasteiger partial charge in [-0.25, -0.2) is 0 Å². The van der Waals surface area contributed by atoms with Gasteiger partial charge >= 0.3 is 0 Å². The average Bonchev–Trinajstić information content (AvgIpc) is 3.21. The minimum Gasteiger partial charge on any atom is -0.305 e. The molecule has 1 spiro atoms. The molecule has 196 valence electrons. The normalized spacial score (nSPS) is 17.5. The van der Waals surface area contributed by atoms with E-state index in [1.807, 2.05) is 66.7 Å². The Morgan fingerprint density at radius 1 is 0.921 bits per heavy atom. The van der Waals surface area contributed by atoms with Crippen LogP contribution in [0.5, 0.6) is 0 Å². The first-order chi connectivity index (χ1) is 18.5. The third kappa shape index (κ3) is 5.04. The van der Waals surface area contributed by atoms with Gasteiger partial charge in [-0.15, -0.1) is 0 Å². The fraction of sp³-hybridized carbons (Fsp3) is 0.344. The molecule has 0 N–H and O–H groups in total. The molecule has 3 aromatic carbocycles. The molecule has 2 aliphatic rings. The summed E-state index contributed by atoms with van der Waals surface area (Å²) in [6, 6.07) is 20.9. The van der Waals surface area contributed by atoms with Gasteiger partial charge in [0.05, 0.1) is 6.04 Å². The van der Waals surface area contributed by atoms with Crippen molar-refractivity contribution in [3.63, 3.8) is 0 Å². The molecule has 1 fully saturated rings. The van der Waals surface area contributed by atoms with Gasteiger partial charge in [0, 0.05) is 26.7 Å². The van der Waals surface area contributed by atoms with Crippen molar-refractivity contribution in [2.75, 3.05) is 0 Å². The van der Waals surface area contributed by atoms with Crippen LogP contribution in [-0.4, -0.2) is 28.5 Å². The number of rotatable bonds is 8. The highest BCUT2D eigenvalue weighted by Crippen LogP contribution is 2.46. The molecule has 0 saturated heterocycles. The fourth-order valence-electron chi connectivity index (χ4n) is 5.91. The van der Waals surface area contributed by atoms with Crippen molar-refractivity contribution in [2.24, 2.45) is 4.99 Å². The van der Waals surface area contributed by atoms with Crippen LogP contribution in [0.15, 0.2) is 71.7 Å². The van der Waals surface area contributed by atoms with Crippen molar-refractivity contribution in [1.29, 1.82) is 0 Å². The zero-order valence-electron chi connectivity index (χ0n) is 21.6. The number of benzene rings is 3. The number of unbranched alkanes of at least 4 members (excludes halogenated alkanes) is 1. The molecule has 1 unspecified atom stereocenters. The molecule has 6 heteroatoms. The number of aldehydes is 1.